The highest BCUT2D eigenvalue weighted by Crippen LogP contribution is 2.29. The van der Waals surface area contributed by atoms with Crippen molar-refractivity contribution in [1.29, 1.82) is 0 Å². The molecule has 1 aromatic carbocycles. The number of aryl methyl sites for hydroxylation is 2. The molecule has 3 aromatic heterocycles. The van der Waals surface area contributed by atoms with Crippen LogP contribution in [0.25, 0.3) is 21.9 Å². The summed E-state index contributed by atoms with van der Waals surface area (Å²) in [5.74, 6) is 1.78. The molecule has 154 valence electrons. The molecule has 4 rings (SSSR count). The summed E-state index contributed by atoms with van der Waals surface area (Å²) in [6.07, 6.45) is 6.77. The van der Waals surface area contributed by atoms with Gasteiger partial charge < -0.3 is 16.0 Å². The maximum absolute atomic E-state index is 12.2. The fraction of sp³-hybridized carbons (Fsp3) is 0.318. The van der Waals surface area contributed by atoms with Crippen LogP contribution in [0.3, 0.4) is 0 Å². The maximum Gasteiger partial charge on any atom is 0.182 e. The molecule has 0 aliphatic heterocycles. The molecule has 0 amide bonds. The van der Waals surface area contributed by atoms with Gasteiger partial charge in [0.25, 0.3) is 0 Å². The van der Waals surface area contributed by atoms with Crippen LogP contribution >= 0.6 is 0 Å². The Kier molecular flexibility index (Phi) is 5.56. The Morgan fingerprint density at radius 2 is 1.87 bits per heavy atom. The van der Waals surface area contributed by atoms with Crippen molar-refractivity contribution in [3.63, 3.8) is 0 Å². The lowest BCUT2D eigenvalue weighted by Crippen LogP contribution is -2.06. The van der Waals surface area contributed by atoms with Gasteiger partial charge in [0.15, 0.2) is 11.6 Å². The summed E-state index contributed by atoms with van der Waals surface area (Å²) in [7, 11) is 0. The summed E-state index contributed by atoms with van der Waals surface area (Å²) >= 11 is 0. The van der Waals surface area contributed by atoms with Crippen molar-refractivity contribution < 1.29 is 4.79 Å². The Labute approximate surface area is 174 Å². The van der Waals surface area contributed by atoms with Crippen LogP contribution in [0.5, 0.6) is 0 Å². The second-order valence-electron chi connectivity index (χ2n) is 7.30. The van der Waals surface area contributed by atoms with Crippen molar-refractivity contribution in [2.45, 2.75) is 45.6 Å². The lowest BCUT2D eigenvalue weighted by molar-refractivity contribution is 0.0974. The molecule has 8 heteroatoms. The van der Waals surface area contributed by atoms with E-state index in [0.29, 0.717) is 23.8 Å². The van der Waals surface area contributed by atoms with Gasteiger partial charge in [-0.2, -0.15) is 0 Å². The number of nitrogen functional groups attached to an aromatic ring is 2. The van der Waals surface area contributed by atoms with Gasteiger partial charge in [0.05, 0.1) is 23.4 Å². The second-order valence-corrected chi connectivity index (χ2v) is 7.30. The first-order valence-corrected chi connectivity index (χ1v) is 10.2. The molecule has 4 N–H and O–H groups in total. The largest absolute Gasteiger partial charge is 0.382 e. The number of Topliss-reactive ketones (excluding diaryl/α,β-unsaturated/α-hetero) is 1. The highest BCUT2D eigenvalue weighted by molar-refractivity contribution is 6.06. The Hall–Kier alpha value is -3.55. The Morgan fingerprint density at radius 1 is 1.03 bits per heavy atom. The first kappa shape index (κ1) is 19.8. The third kappa shape index (κ3) is 3.80. The van der Waals surface area contributed by atoms with Crippen molar-refractivity contribution in [1.82, 2.24) is 24.5 Å². The minimum absolute atomic E-state index is 0.00494. The summed E-state index contributed by atoms with van der Waals surface area (Å²) in [4.78, 5) is 29.5. The third-order valence-electron chi connectivity index (χ3n) is 5.25. The van der Waals surface area contributed by atoms with E-state index in [4.69, 9.17) is 16.5 Å². The number of benzene rings is 1. The van der Waals surface area contributed by atoms with E-state index in [-0.39, 0.29) is 5.78 Å². The van der Waals surface area contributed by atoms with Crippen LogP contribution in [0.15, 0.2) is 36.7 Å². The number of nitrogens with zero attached hydrogens (tertiary/aromatic N) is 5. The molecule has 8 nitrogen and oxygen atoms in total. The fourth-order valence-corrected chi connectivity index (χ4v) is 3.76. The molecule has 0 aliphatic rings. The van der Waals surface area contributed by atoms with Crippen molar-refractivity contribution in [2.75, 3.05) is 11.5 Å². The minimum Gasteiger partial charge on any atom is -0.382 e. The molecule has 0 fully saturated rings. The average molecular weight is 403 g/mol. The number of hydrogen-bond acceptors (Lipinski definition) is 7. The molecule has 4 aromatic rings. The number of pyridine rings is 1. The number of fused-ring (bicyclic) bond motifs is 3. The van der Waals surface area contributed by atoms with Crippen LogP contribution in [-0.4, -0.2) is 30.3 Å². The molecule has 0 saturated carbocycles. The van der Waals surface area contributed by atoms with Gasteiger partial charge in [-0.3, -0.25) is 4.79 Å². The summed E-state index contributed by atoms with van der Waals surface area (Å²) in [5.41, 5.74) is 14.8. The minimum atomic E-state index is -0.00494. The molecule has 0 bridgehead atoms. The van der Waals surface area contributed by atoms with E-state index in [0.717, 1.165) is 60.0 Å². The average Bonchev–Trinajstić information content (AvgIpc) is 3.13. The number of hydrogen-bond donors (Lipinski definition) is 2. The predicted octanol–water partition coefficient (Wildman–Crippen LogP) is 3.54. The molecule has 0 saturated heterocycles. The highest BCUT2D eigenvalue weighted by atomic mass is 16.1. The monoisotopic (exact) mass is 403 g/mol. The summed E-state index contributed by atoms with van der Waals surface area (Å²) in [5, 5.41) is 1.06. The Bertz CT molecular complexity index is 1200. The van der Waals surface area contributed by atoms with Crippen molar-refractivity contribution >= 4 is 39.4 Å². The molecule has 3 heterocycles. The fourth-order valence-electron chi connectivity index (χ4n) is 3.76. The van der Waals surface area contributed by atoms with E-state index in [9.17, 15) is 4.79 Å². The zero-order valence-corrected chi connectivity index (χ0v) is 17.0. The summed E-state index contributed by atoms with van der Waals surface area (Å²) in [6.45, 7) is 2.92. The van der Waals surface area contributed by atoms with Gasteiger partial charge in [-0.25, -0.2) is 19.9 Å². The smallest absolute Gasteiger partial charge is 0.182 e. The normalized spacial score (nSPS) is 11.4. The highest BCUT2D eigenvalue weighted by Gasteiger charge is 2.16. The second kappa shape index (κ2) is 8.44. The molecule has 0 unspecified atom stereocenters. The Balaban J connectivity index is 1.46. The number of para-hydroxylation sites is 1. The number of carbonyl (C=O) groups excluding carboxylic acids is 1. The predicted molar refractivity (Wildman–Crippen MR) is 118 cm³/mol. The van der Waals surface area contributed by atoms with E-state index in [2.05, 4.69) is 32.5 Å². The van der Waals surface area contributed by atoms with Gasteiger partial charge >= 0.3 is 0 Å². The molecule has 0 spiro atoms. The van der Waals surface area contributed by atoms with Gasteiger partial charge in [0.1, 0.15) is 22.9 Å². The van der Waals surface area contributed by atoms with Crippen LogP contribution < -0.4 is 11.5 Å². The number of rotatable bonds is 8. The number of ketones is 1. The number of unbranched alkanes of at least 4 members (excludes halogenated alkanes) is 2. The summed E-state index contributed by atoms with van der Waals surface area (Å²) < 4.78 is 2.25. The van der Waals surface area contributed by atoms with Gasteiger partial charge in [-0.05, 0) is 18.9 Å². The lowest BCUT2D eigenvalue weighted by atomic mass is 10.1. The van der Waals surface area contributed by atoms with Crippen LogP contribution in [0.1, 0.15) is 48.9 Å². The van der Waals surface area contributed by atoms with Gasteiger partial charge in [0, 0.05) is 24.8 Å². The first-order valence-electron chi connectivity index (χ1n) is 10.2. The molecule has 0 atom stereocenters. The molecular formula is C22H25N7O. The molecule has 0 aliphatic carbocycles. The van der Waals surface area contributed by atoms with E-state index in [1.165, 1.54) is 12.4 Å². The molecule has 0 radical (unpaired) electrons. The zero-order chi connectivity index (χ0) is 21.1. The van der Waals surface area contributed by atoms with Crippen LogP contribution in [0.2, 0.25) is 0 Å². The maximum atomic E-state index is 12.2. The van der Waals surface area contributed by atoms with Crippen LogP contribution in [0, 0.1) is 0 Å². The SMILES string of the molecule is CCc1nc2c(N)nc3ccccc3c2n1CCCCCC(=O)c1cnc(N)cn1. The van der Waals surface area contributed by atoms with E-state index in [1.807, 2.05) is 18.2 Å². The van der Waals surface area contributed by atoms with Crippen molar-refractivity contribution in [3.05, 3.63) is 48.2 Å². The Morgan fingerprint density at radius 3 is 2.63 bits per heavy atom. The number of anilines is 2. The topological polar surface area (TPSA) is 126 Å². The van der Waals surface area contributed by atoms with E-state index in [1.54, 1.807) is 0 Å². The standard InChI is InChI=1S/C22H25N7O/c1-2-19-28-20-21(14-8-5-6-9-15(14)27-22(20)24)29(19)11-7-3-4-10-17(30)16-12-26-18(23)13-25-16/h5-6,8-9,12-13H,2-4,7,10-11H2,1H3,(H2,23,26)(H2,24,27). The summed E-state index contributed by atoms with van der Waals surface area (Å²) in [6, 6.07) is 8.01. The number of aromatic nitrogens is 5. The van der Waals surface area contributed by atoms with Crippen LogP contribution in [0.4, 0.5) is 11.6 Å². The molecular weight excluding hydrogens is 378 g/mol. The van der Waals surface area contributed by atoms with Gasteiger partial charge in [-0.1, -0.05) is 31.5 Å². The number of carbonyl (C=O) groups is 1. The van der Waals surface area contributed by atoms with Gasteiger partial charge in [0.2, 0.25) is 0 Å². The van der Waals surface area contributed by atoms with Crippen LogP contribution in [-0.2, 0) is 13.0 Å². The zero-order valence-electron chi connectivity index (χ0n) is 17.0. The van der Waals surface area contributed by atoms with Crippen molar-refractivity contribution in [2.24, 2.45) is 0 Å². The van der Waals surface area contributed by atoms with Gasteiger partial charge in [-0.15, -0.1) is 0 Å². The quantitative estimate of drug-likeness (QED) is 0.340. The molecule has 30 heavy (non-hydrogen) atoms. The van der Waals surface area contributed by atoms with Crippen molar-refractivity contribution in [3.8, 4) is 0 Å². The van der Waals surface area contributed by atoms with E-state index < -0.39 is 0 Å². The number of imidazole rings is 1. The number of nitrogens with two attached hydrogens (primary N) is 2. The van der Waals surface area contributed by atoms with E-state index >= 15 is 0 Å². The lowest BCUT2D eigenvalue weighted by Gasteiger charge is -2.10. The third-order valence-corrected chi connectivity index (χ3v) is 5.25. The first-order chi connectivity index (χ1) is 14.6.